The van der Waals surface area contributed by atoms with Crippen LogP contribution in [0.1, 0.15) is 18.9 Å². The maximum Gasteiger partial charge on any atom is 0.322 e. The topological polar surface area (TPSA) is 57.7 Å². The number of morpholine rings is 1. The first-order valence-corrected chi connectivity index (χ1v) is 8.48. The van der Waals surface area contributed by atoms with E-state index in [2.05, 4.69) is 29.0 Å². The number of rotatable bonds is 5. The van der Waals surface area contributed by atoms with Gasteiger partial charge in [-0.1, -0.05) is 13.8 Å². The van der Waals surface area contributed by atoms with Crippen molar-refractivity contribution in [2.75, 3.05) is 51.8 Å². The molecule has 0 bridgehead atoms. The van der Waals surface area contributed by atoms with E-state index in [-0.39, 0.29) is 11.4 Å². The number of anilines is 1. The van der Waals surface area contributed by atoms with E-state index in [0.717, 1.165) is 37.9 Å². The summed E-state index contributed by atoms with van der Waals surface area (Å²) in [6, 6.07) is -0.111. The van der Waals surface area contributed by atoms with Gasteiger partial charge in [-0.05, 0) is 12.3 Å². The number of hydrogen-bond acceptors (Lipinski definition) is 5. The lowest BCUT2D eigenvalue weighted by Crippen LogP contribution is -2.47. The van der Waals surface area contributed by atoms with Gasteiger partial charge in [0.2, 0.25) is 0 Å². The molecule has 1 saturated heterocycles. The summed E-state index contributed by atoms with van der Waals surface area (Å²) >= 11 is 1.53. The molecule has 2 amide bonds. The third-order valence-corrected chi connectivity index (χ3v) is 4.39. The summed E-state index contributed by atoms with van der Waals surface area (Å²) in [4.78, 5) is 20.6. The third-order valence-electron chi connectivity index (χ3n) is 3.62. The van der Waals surface area contributed by atoms with E-state index < -0.39 is 0 Å². The Balaban J connectivity index is 1.83. The molecule has 7 heteroatoms. The first kappa shape index (κ1) is 17.2. The van der Waals surface area contributed by atoms with E-state index >= 15 is 0 Å². The van der Waals surface area contributed by atoms with E-state index in [9.17, 15) is 4.79 Å². The Bertz CT molecular complexity index is 497. The van der Waals surface area contributed by atoms with Crippen molar-refractivity contribution in [3.63, 3.8) is 0 Å². The summed E-state index contributed by atoms with van der Waals surface area (Å²) in [5, 5.41) is 5.65. The van der Waals surface area contributed by atoms with Crippen LogP contribution in [0.3, 0.4) is 0 Å². The zero-order valence-electron chi connectivity index (χ0n) is 13.9. The number of carbonyl (C=O) groups excluding carboxylic acids is 1. The van der Waals surface area contributed by atoms with Crippen molar-refractivity contribution < 1.29 is 9.53 Å². The predicted molar refractivity (Wildman–Crippen MR) is 89.5 cm³/mol. The van der Waals surface area contributed by atoms with Gasteiger partial charge in [-0.3, -0.25) is 10.2 Å². The molecule has 6 nitrogen and oxygen atoms in total. The monoisotopic (exact) mass is 326 g/mol. The van der Waals surface area contributed by atoms with Crippen LogP contribution >= 0.6 is 11.3 Å². The summed E-state index contributed by atoms with van der Waals surface area (Å²) in [6.07, 6.45) is 0. The maximum absolute atomic E-state index is 12.2. The molecule has 2 heterocycles. The lowest BCUT2D eigenvalue weighted by molar-refractivity contribution is 0.0182. The van der Waals surface area contributed by atoms with Crippen LogP contribution in [0.2, 0.25) is 0 Å². The second-order valence-corrected chi connectivity index (χ2v) is 7.65. The van der Waals surface area contributed by atoms with Crippen molar-refractivity contribution in [3.8, 4) is 0 Å². The van der Waals surface area contributed by atoms with Crippen LogP contribution in [0.4, 0.5) is 10.6 Å². The van der Waals surface area contributed by atoms with Crippen LogP contribution in [0, 0.1) is 12.3 Å². The van der Waals surface area contributed by atoms with Crippen molar-refractivity contribution in [3.05, 3.63) is 10.4 Å². The fourth-order valence-corrected chi connectivity index (χ4v) is 3.30. The number of carbonyl (C=O) groups is 1. The van der Waals surface area contributed by atoms with Crippen LogP contribution in [0.25, 0.3) is 0 Å². The summed E-state index contributed by atoms with van der Waals surface area (Å²) in [7, 11) is 1.83. The molecule has 1 aliphatic rings. The molecule has 1 aromatic rings. The minimum absolute atomic E-state index is 0.0292. The Morgan fingerprint density at radius 1 is 1.50 bits per heavy atom. The van der Waals surface area contributed by atoms with Gasteiger partial charge in [-0.2, -0.15) is 0 Å². The molecule has 1 N–H and O–H groups in total. The van der Waals surface area contributed by atoms with E-state index in [0.29, 0.717) is 12.4 Å². The molecule has 124 valence electrons. The van der Waals surface area contributed by atoms with Crippen LogP contribution in [-0.4, -0.2) is 67.3 Å². The molecule has 0 radical (unpaired) electrons. The highest BCUT2D eigenvalue weighted by molar-refractivity contribution is 7.09. The maximum atomic E-state index is 12.2. The second-order valence-electron chi connectivity index (χ2n) is 6.59. The molecule has 0 unspecified atom stereocenters. The van der Waals surface area contributed by atoms with E-state index in [1.807, 2.05) is 19.4 Å². The molecule has 1 fully saturated rings. The number of aromatic nitrogens is 1. The third kappa shape index (κ3) is 5.23. The van der Waals surface area contributed by atoms with Crippen molar-refractivity contribution in [1.82, 2.24) is 14.8 Å². The van der Waals surface area contributed by atoms with E-state index in [1.54, 1.807) is 4.90 Å². The smallest absolute Gasteiger partial charge is 0.322 e. The molecular weight excluding hydrogens is 300 g/mol. The van der Waals surface area contributed by atoms with Crippen molar-refractivity contribution in [2.24, 2.45) is 5.41 Å². The Hall–Kier alpha value is -1.18. The van der Waals surface area contributed by atoms with E-state index in [4.69, 9.17) is 4.74 Å². The molecule has 0 saturated carbocycles. The van der Waals surface area contributed by atoms with Crippen molar-refractivity contribution in [2.45, 2.75) is 20.8 Å². The van der Waals surface area contributed by atoms with Gasteiger partial charge in [-0.25, -0.2) is 9.78 Å². The van der Waals surface area contributed by atoms with Gasteiger partial charge < -0.3 is 9.64 Å². The largest absolute Gasteiger partial charge is 0.379 e. The number of amides is 2. The number of urea groups is 1. The predicted octanol–water partition coefficient (Wildman–Crippen LogP) is 2.27. The average molecular weight is 326 g/mol. The summed E-state index contributed by atoms with van der Waals surface area (Å²) in [5.41, 5.74) is 0.0292. The van der Waals surface area contributed by atoms with E-state index in [1.165, 1.54) is 11.3 Å². The Morgan fingerprint density at radius 3 is 2.77 bits per heavy atom. The molecule has 0 aromatic carbocycles. The normalized spacial score (nSPS) is 16.5. The number of nitrogens with one attached hydrogen (secondary N) is 1. The lowest BCUT2D eigenvalue weighted by Gasteiger charge is -2.37. The van der Waals surface area contributed by atoms with Gasteiger partial charge in [-0.15, -0.1) is 11.3 Å². The van der Waals surface area contributed by atoms with Gasteiger partial charge in [0.25, 0.3) is 0 Å². The van der Waals surface area contributed by atoms with Crippen LogP contribution in [0.5, 0.6) is 0 Å². The molecule has 0 aliphatic carbocycles. The van der Waals surface area contributed by atoms with Gasteiger partial charge in [0.1, 0.15) is 5.82 Å². The highest BCUT2D eigenvalue weighted by Gasteiger charge is 2.26. The highest BCUT2D eigenvalue weighted by atomic mass is 32.1. The van der Waals surface area contributed by atoms with Crippen molar-refractivity contribution in [1.29, 1.82) is 0 Å². The van der Waals surface area contributed by atoms with Gasteiger partial charge in [0, 0.05) is 38.6 Å². The fourth-order valence-electron chi connectivity index (χ4n) is 2.75. The first-order chi connectivity index (χ1) is 10.4. The quantitative estimate of drug-likeness (QED) is 0.902. The number of nitrogens with zero attached hydrogens (tertiary/aromatic N) is 3. The minimum Gasteiger partial charge on any atom is -0.379 e. The SMILES string of the molecule is Cc1nc(NC(=O)N(C)CC(C)(C)CN2CCOCC2)cs1. The Kier molecular flexibility index (Phi) is 5.77. The molecule has 2 rings (SSSR count). The summed E-state index contributed by atoms with van der Waals surface area (Å²) < 4.78 is 5.38. The average Bonchev–Trinajstić information content (AvgIpc) is 2.84. The number of hydrogen-bond donors (Lipinski definition) is 1. The summed E-state index contributed by atoms with van der Waals surface area (Å²) in [6.45, 7) is 11.5. The minimum atomic E-state index is -0.111. The zero-order valence-corrected chi connectivity index (χ0v) is 14.7. The second kappa shape index (κ2) is 7.39. The number of aryl methyl sites for hydroxylation is 1. The standard InChI is InChI=1S/C15H26N4O2S/c1-12-16-13(9-22-12)17-14(20)18(4)10-15(2,3)11-19-5-7-21-8-6-19/h9H,5-8,10-11H2,1-4H3,(H,17,20). The number of ether oxygens (including phenoxy) is 1. The first-order valence-electron chi connectivity index (χ1n) is 7.60. The molecule has 22 heavy (non-hydrogen) atoms. The molecule has 0 spiro atoms. The zero-order chi connectivity index (χ0) is 16.2. The Labute approximate surface area is 136 Å². The molecular formula is C15H26N4O2S. The highest BCUT2D eigenvalue weighted by Crippen LogP contribution is 2.20. The van der Waals surface area contributed by atoms with Crippen LogP contribution in [-0.2, 0) is 4.74 Å². The fraction of sp³-hybridized carbons (Fsp3) is 0.733. The molecule has 1 aromatic heterocycles. The molecule has 0 atom stereocenters. The number of thiazole rings is 1. The van der Waals surface area contributed by atoms with Crippen molar-refractivity contribution >= 4 is 23.2 Å². The van der Waals surface area contributed by atoms with Gasteiger partial charge in [0.15, 0.2) is 0 Å². The Morgan fingerprint density at radius 2 is 2.18 bits per heavy atom. The van der Waals surface area contributed by atoms with Crippen LogP contribution < -0.4 is 5.32 Å². The summed E-state index contributed by atoms with van der Waals surface area (Å²) in [5.74, 6) is 0.630. The molecule has 1 aliphatic heterocycles. The lowest BCUT2D eigenvalue weighted by atomic mass is 9.92. The van der Waals surface area contributed by atoms with Gasteiger partial charge >= 0.3 is 6.03 Å². The van der Waals surface area contributed by atoms with Crippen LogP contribution in [0.15, 0.2) is 5.38 Å². The van der Waals surface area contributed by atoms with Gasteiger partial charge in [0.05, 0.1) is 18.2 Å².